The molecule has 0 radical (unpaired) electrons. The first-order valence-electron chi connectivity index (χ1n) is 7.42. The predicted molar refractivity (Wildman–Crippen MR) is 79.7 cm³/mol. The number of amides is 1. The highest BCUT2D eigenvalue weighted by atomic mass is 16.6. The van der Waals surface area contributed by atoms with Crippen molar-refractivity contribution < 1.29 is 24.2 Å². The van der Waals surface area contributed by atoms with Gasteiger partial charge in [-0.2, -0.15) is 0 Å². The molecule has 2 rings (SSSR count). The van der Waals surface area contributed by atoms with E-state index in [-0.39, 0.29) is 18.9 Å². The van der Waals surface area contributed by atoms with Gasteiger partial charge in [-0.15, -0.1) is 6.58 Å². The zero-order valence-electron chi connectivity index (χ0n) is 13.9. The summed E-state index contributed by atoms with van der Waals surface area (Å²) in [6, 6.07) is 0. The molecule has 0 aliphatic carbocycles. The van der Waals surface area contributed by atoms with Crippen molar-refractivity contribution in [3.63, 3.8) is 0 Å². The number of esters is 1. The van der Waals surface area contributed by atoms with Crippen molar-refractivity contribution in [2.45, 2.75) is 51.5 Å². The molecule has 1 amide bonds. The molecule has 22 heavy (non-hydrogen) atoms. The van der Waals surface area contributed by atoms with Crippen LogP contribution in [-0.4, -0.2) is 53.0 Å². The number of carbonyl (C=O) groups is 2. The summed E-state index contributed by atoms with van der Waals surface area (Å²) in [5.41, 5.74) is -3.50. The molecule has 6 nitrogen and oxygen atoms in total. The Balaban J connectivity index is 2.61. The van der Waals surface area contributed by atoms with Crippen molar-refractivity contribution in [1.82, 2.24) is 4.90 Å². The Kier molecular flexibility index (Phi) is 3.90. The quantitative estimate of drug-likeness (QED) is 0.623. The van der Waals surface area contributed by atoms with Gasteiger partial charge in [0.25, 0.3) is 0 Å². The van der Waals surface area contributed by atoms with Crippen LogP contribution in [0.3, 0.4) is 0 Å². The lowest BCUT2D eigenvalue weighted by molar-refractivity contribution is -0.167. The Morgan fingerprint density at radius 3 is 2.64 bits per heavy atom. The molecule has 4 atom stereocenters. The number of allylic oxidation sites excluding steroid dienone is 1. The Hall–Kier alpha value is -1.40. The van der Waals surface area contributed by atoms with E-state index in [9.17, 15) is 14.7 Å². The smallest absolute Gasteiger partial charge is 0.337 e. The summed E-state index contributed by atoms with van der Waals surface area (Å²) in [5.74, 6) is -1.69. The third kappa shape index (κ3) is 1.93. The van der Waals surface area contributed by atoms with Gasteiger partial charge in [0, 0.05) is 5.41 Å². The molecule has 0 aromatic rings. The summed E-state index contributed by atoms with van der Waals surface area (Å²) in [5, 5.41) is 11.1. The lowest BCUT2D eigenvalue weighted by Crippen LogP contribution is -2.64. The molecule has 2 fully saturated rings. The van der Waals surface area contributed by atoms with Gasteiger partial charge in [0.05, 0.1) is 19.6 Å². The van der Waals surface area contributed by atoms with Crippen LogP contribution >= 0.6 is 0 Å². The maximum absolute atomic E-state index is 12.9. The third-order valence-corrected chi connectivity index (χ3v) is 4.81. The van der Waals surface area contributed by atoms with Crippen molar-refractivity contribution in [2.24, 2.45) is 11.3 Å². The van der Waals surface area contributed by atoms with Crippen LogP contribution in [0.5, 0.6) is 0 Å². The topological polar surface area (TPSA) is 76.1 Å². The van der Waals surface area contributed by atoms with Gasteiger partial charge in [-0.25, -0.2) is 4.79 Å². The average Bonchev–Trinajstić information content (AvgIpc) is 2.90. The van der Waals surface area contributed by atoms with E-state index < -0.39 is 34.7 Å². The molecule has 1 N–H and O–H groups in total. The summed E-state index contributed by atoms with van der Waals surface area (Å²) in [4.78, 5) is 26.8. The van der Waals surface area contributed by atoms with E-state index in [1.54, 1.807) is 6.08 Å². The highest BCUT2D eigenvalue weighted by Gasteiger charge is 2.75. The number of hydrogen-bond donors (Lipinski definition) is 1. The second-order valence-corrected chi connectivity index (χ2v) is 7.31. The van der Waals surface area contributed by atoms with Crippen LogP contribution in [0.4, 0.5) is 0 Å². The molecular weight excluding hydrogens is 286 g/mol. The minimum absolute atomic E-state index is 0.0754. The van der Waals surface area contributed by atoms with Crippen molar-refractivity contribution in [1.29, 1.82) is 0 Å². The van der Waals surface area contributed by atoms with Gasteiger partial charge in [0.15, 0.2) is 5.54 Å². The summed E-state index contributed by atoms with van der Waals surface area (Å²) < 4.78 is 10.7. The average molecular weight is 311 g/mol. The summed E-state index contributed by atoms with van der Waals surface area (Å²) >= 11 is 0. The van der Waals surface area contributed by atoms with Crippen molar-refractivity contribution in [3.8, 4) is 0 Å². The molecule has 2 aliphatic rings. The number of nitrogens with zero attached hydrogens (tertiary/aromatic N) is 1. The molecular formula is C16H25NO5. The van der Waals surface area contributed by atoms with Gasteiger partial charge >= 0.3 is 5.97 Å². The minimum Gasteiger partial charge on any atom is -0.467 e. The number of carbonyl (C=O) groups excluding carboxylic acids is 2. The van der Waals surface area contributed by atoms with Crippen LogP contribution in [0.2, 0.25) is 0 Å². The zero-order chi connectivity index (χ0) is 16.9. The molecule has 0 aromatic carbocycles. The van der Waals surface area contributed by atoms with Crippen LogP contribution in [0, 0.1) is 11.3 Å². The lowest BCUT2D eigenvalue weighted by Gasteiger charge is -2.40. The molecule has 6 heteroatoms. The van der Waals surface area contributed by atoms with Crippen LogP contribution in [0.25, 0.3) is 0 Å². The largest absolute Gasteiger partial charge is 0.467 e. The number of ether oxygens (including phenoxy) is 2. The second-order valence-electron chi connectivity index (χ2n) is 7.31. The van der Waals surface area contributed by atoms with E-state index in [2.05, 4.69) is 6.58 Å². The summed E-state index contributed by atoms with van der Waals surface area (Å²) in [6.07, 6.45) is 1.27. The van der Waals surface area contributed by atoms with Crippen molar-refractivity contribution in [3.05, 3.63) is 12.7 Å². The molecule has 124 valence electrons. The maximum atomic E-state index is 12.9. The molecule has 2 aliphatic heterocycles. The normalized spacial score (nSPS) is 38.1. The van der Waals surface area contributed by atoms with Gasteiger partial charge in [-0.3, -0.25) is 9.69 Å². The fraction of sp³-hybridized carbons (Fsp3) is 0.750. The molecule has 2 saturated heterocycles. The van der Waals surface area contributed by atoms with Gasteiger partial charge in [0.1, 0.15) is 11.8 Å². The lowest BCUT2D eigenvalue weighted by atomic mass is 9.75. The van der Waals surface area contributed by atoms with Gasteiger partial charge in [0.2, 0.25) is 5.91 Å². The van der Waals surface area contributed by atoms with E-state index in [0.29, 0.717) is 0 Å². The first-order chi connectivity index (χ1) is 10.1. The van der Waals surface area contributed by atoms with Crippen LogP contribution in [-0.2, 0) is 19.1 Å². The number of hydrogen-bond acceptors (Lipinski definition) is 5. The first kappa shape index (κ1) is 17.0. The molecule has 2 heterocycles. The van der Waals surface area contributed by atoms with E-state index in [4.69, 9.17) is 9.47 Å². The third-order valence-electron chi connectivity index (χ3n) is 4.81. The van der Waals surface area contributed by atoms with Crippen LogP contribution in [0.15, 0.2) is 12.7 Å². The van der Waals surface area contributed by atoms with Crippen molar-refractivity contribution in [2.75, 3.05) is 13.7 Å². The molecule has 0 unspecified atom stereocenters. The van der Waals surface area contributed by atoms with E-state index in [1.807, 2.05) is 20.8 Å². The first-order valence-corrected chi connectivity index (χ1v) is 7.42. The fourth-order valence-electron chi connectivity index (χ4n) is 3.60. The van der Waals surface area contributed by atoms with E-state index >= 15 is 0 Å². The zero-order valence-corrected chi connectivity index (χ0v) is 13.9. The summed E-state index contributed by atoms with van der Waals surface area (Å²) in [6.45, 7) is 10.8. The number of rotatable bonds is 3. The Bertz CT molecular complexity index is 507. The second kappa shape index (κ2) is 5.06. The molecule has 0 saturated carbocycles. The molecule has 0 bridgehead atoms. The molecule has 0 aromatic heterocycles. The predicted octanol–water partition coefficient (Wildman–Crippen LogP) is 1.09. The van der Waals surface area contributed by atoms with Crippen molar-refractivity contribution >= 4 is 11.9 Å². The van der Waals surface area contributed by atoms with E-state index in [1.165, 1.54) is 18.9 Å². The van der Waals surface area contributed by atoms with Gasteiger partial charge in [-0.1, -0.05) is 26.8 Å². The number of fused-ring (bicyclic) bond motifs is 1. The molecule has 0 spiro atoms. The monoisotopic (exact) mass is 311 g/mol. The van der Waals surface area contributed by atoms with Gasteiger partial charge < -0.3 is 14.6 Å². The van der Waals surface area contributed by atoms with E-state index in [0.717, 1.165) is 0 Å². The number of methoxy groups -OCH3 is 1. The highest BCUT2D eigenvalue weighted by molar-refractivity contribution is 5.97. The number of aliphatic hydroxyl groups is 1. The van der Waals surface area contributed by atoms with Crippen LogP contribution < -0.4 is 0 Å². The Morgan fingerprint density at radius 1 is 1.59 bits per heavy atom. The SMILES string of the molecule is C=CC[C@@H]1C(=O)N2[C@H](C(C)(C)C)OC[C@]2(C(=O)OC)[C@]1(C)O. The Labute approximate surface area is 131 Å². The fourth-order valence-corrected chi connectivity index (χ4v) is 3.60. The standard InChI is InChI=1S/C16H25NO5/c1-7-8-10-11(18)17-12(14(2,3)4)22-9-16(17,13(19)21-6)15(10,5)20/h7,10,12,20H,1,8-9H2,2-6H3/t10-,12+,15-,16+/m1/s1. The highest BCUT2D eigenvalue weighted by Crippen LogP contribution is 2.52. The summed E-state index contributed by atoms with van der Waals surface area (Å²) in [7, 11) is 1.25. The van der Waals surface area contributed by atoms with Gasteiger partial charge in [-0.05, 0) is 13.3 Å². The maximum Gasteiger partial charge on any atom is 0.337 e. The van der Waals surface area contributed by atoms with Crippen LogP contribution in [0.1, 0.15) is 34.1 Å². The Morgan fingerprint density at radius 2 is 2.18 bits per heavy atom. The minimum atomic E-state index is -1.59.